The van der Waals surface area contributed by atoms with Crippen molar-refractivity contribution in [3.05, 3.63) is 12.2 Å². The zero-order valence-corrected chi connectivity index (χ0v) is 10.0. The van der Waals surface area contributed by atoms with Crippen LogP contribution in [-0.4, -0.2) is 52.3 Å². The Hall–Kier alpha value is -1.47. The number of nitrogens with one attached hydrogen (secondary N) is 1. The van der Waals surface area contributed by atoms with Crippen LogP contribution in [0.3, 0.4) is 0 Å². The summed E-state index contributed by atoms with van der Waals surface area (Å²) in [5.41, 5.74) is 5.27. The van der Waals surface area contributed by atoms with Crippen molar-refractivity contribution in [2.75, 3.05) is 20.3 Å². The van der Waals surface area contributed by atoms with Gasteiger partial charge in [-0.15, -0.1) is 0 Å². The Labute approximate surface area is 99.3 Å². The van der Waals surface area contributed by atoms with Crippen LogP contribution >= 0.6 is 0 Å². The maximum atomic E-state index is 12.3. The molecule has 2 heterocycles. The molecular formula is C10H17N5O2. The van der Waals surface area contributed by atoms with E-state index in [1.807, 2.05) is 6.92 Å². The Kier molecular flexibility index (Phi) is 3.12. The summed E-state index contributed by atoms with van der Waals surface area (Å²) in [5, 5.41) is 6.46. The molecule has 1 amide bonds. The molecular weight excluding hydrogens is 222 g/mol. The van der Waals surface area contributed by atoms with Gasteiger partial charge in [0.15, 0.2) is 0 Å². The molecule has 94 valence electrons. The fourth-order valence-corrected chi connectivity index (χ4v) is 1.95. The molecule has 0 spiro atoms. The van der Waals surface area contributed by atoms with Crippen molar-refractivity contribution in [2.45, 2.75) is 19.5 Å². The molecule has 17 heavy (non-hydrogen) atoms. The molecule has 7 heteroatoms. The molecule has 0 radical (unpaired) electrons. The lowest BCUT2D eigenvalue weighted by Gasteiger charge is -2.30. The highest BCUT2D eigenvalue weighted by Crippen LogP contribution is 2.29. The number of nitrogens with zero attached hydrogens (tertiary/aromatic N) is 3. The van der Waals surface area contributed by atoms with Crippen LogP contribution in [0.1, 0.15) is 12.7 Å². The van der Waals surface area contributed by atoms with Crippen LogP contribution < -0.4 is 5.73 Å². The monoisotopic (exact) mass is 239 g/mol. The molecule has 3 N–H and O–H groups in total. The summed E-state index contributed by atoms with van der Waals surface area (Å²) >= 11 is 0. The minimum absolute atomic E-state index is 0.0288. The highest BCUT2D eigenvalue weighted by Gasteiger charge is 2.45. The summed E-state index contributed by atoms with van der Waals surface area (Å²) in [4.78, 5) is 17.9. The van der Waals surface area contributed by atoms with Gasteiger partial charge in [0.1, 0.15) is 12.2 Å². The second-order valence-electron chi connectivity index (χ2n) is 4.63. The van der Waals surface area contributed by atoms with E-state index in [2.05, 4.69) is 15.2 Å². The van der Waals surface area contributed by atoms with E-state index in [0.29, 0.717) is 25.6 Å². The molecule has 0 aromatic carbocycles. The molecule has 0 saturated carbocycles. The number of H-pyrrole nitrogens is 1. The minimum atomic E-state index is -0.644. The summed E-state index contributed by atoms with van der Waals surface area (Å²) < 4.78 is 5.27. The Morgan fingerprint density at radius 3 is 3.12 bits per heavy atom. The highest BCUT2D eigenvalue weighted by molar-refractivity contribution is 5.83. The summed E-state index contributed by atoms with van der Waals surface area (Å²) in [6.45, 7) is 3.02. The van der Waals surface area contributed by atoms with E-state index >= 15 is 0 Å². The zero-order valence-electron chi connectivity index (χ0n) is 10.0. The number of hydrogen-bond donors (Lipinski definition) is 2. The third kappa shape index (κ3) is 2.16. The van der Waals surface area contributed by atoms with Gasteiger partial charge in [0, 0.05) is 13.1 Å². The van der Waals surface area contributed by atoms with Crippen LogP contribution in [0.25, 0.3) is 0 Å². The summed E-state index contributed by atoms with van der Waals surface area (Å²) in [6.07, 6.45) is 1.42. The van der Waals surface area contributed by atoms with Gasteiger partial charge in [-0.25, -0.2) is 4.98 Å². The maximum absolute atomic E-state index is 12.3. The molecule has 1 aromatic rings. The molecule has 0 aliphatic carbocycles. The van der Waals surface area contributed by atoms with Crippen LogP contribution in [0.15, 0.2) is 6.33 Å². The van der Waals surface area contributed by atoms with E-state index in [4.69, 9.17) is 10.5 Å². The van der Waals surface area contributed by atoms with E-state index in [1.165, 1.54) is 6.33 Å². The Morgan fingerprint density at radius 2 is 2.59 bits per heavy atom. The van der Waals surface area contributed by atoms with Gasteiger partial charge in [-0.05, 0) is 6.92 Å². The van der Waals surface area contributed by atoms with Crippen molar-refractivity contribution < 1.29 is 9.53 Å². The van der Waals surface area contributed by atoms with E-state index in [0.717, 1.165) is 0 Å². The van der Waals surface area contributed by atoms with Gasteiger partial charge in [-0.1, -0.05) is 0 Å². The average molecular weight is 239 g/mol. The number of hydrogen-bond acceptors (Lipinski definition) is 5. The molecule has 1 saturated heterocycles. The molecule has 1 aromatic heterocycles. The first-order valence-electron chi connectivity index (χ1n) is 5.47. The summed E-state index contributed by atoms with van der Waals surface area (Å²) in [6, 6.07) is -0.257. The quantitative estimate of drug-likeness (QED) is 0.714. The number of nitrogens with two attached hydrogens (primary N) is 1. The fraction of sp³-hybridized carbons (Fsp3) is 0.700. The molecule has 1 fully saturated rings. The third-order valence-electron chi connectivity index (χ3n) is 3.20. The van der Waals surface area contributed by atoms with Crippen molar-refractivity contribution in [1.82, 2.24) is 20.1 Å². The van der Waals surface area contributed by atoms with Crippen molar-refractivity contribution in [3.8, 4) is 0 Å². The van der Waals surface area contributed by atoms with Crippen LogP contribution in [-0.2, 0) is 16.1 Å². The van der Waals surface area contributed by atoms with E-state index in [9.17, 15) is 4.79 Å². The lowest BCUT2D eigenvalue weighted by molar-refractivity contribution is -0.141. The molecule has 7 nitrogen and oxygen atoms in total. The Bertz CT molecular complexity index is 393. The Morgan fingerprint density at radius 1 is 1.82 bits per heavy atom. The predicted octanol–water partition coefficient (Wildman–Crippen LogP) is -0.873. The molecule has 0 bridgehead atoms. The molecule has 1 aliphatic heterocycles. The van der Waals surface area contributed by atoms with Gasteiger partial charge in [-0.2, -0.15) is 5.10 Å². The molecule has 2 atom stereocenters. The fourth-order valence-electron chi connectivity index (χ4n) is 1.95. The Balaban J connectivity index is 2.04. The van der Waals surface area contributed by atoms with Gasteiger partial charge in [0.25, 0.3) is 0 Å². The zero-order chi connectivity index (χ0) is 12.5. The van der Waals surface area contributed by atoms with Crippen LogP contribution in [0, 0.1) is 5.41 Å². The standard InChI is InChI=1S/C10H17N5O2/c1-10(5-17-4-7(10)11)9(16)15(2)3-8-12-6-13-14-8/h6-7H,3-5,11H2,1-2H3,(H,12,13,14). The number of carbonyl (C=O) groups is 1. The van der Waals surface area contributed by atoms with E-state index < -0.39 is 5.41 Å². The maximum Gasteiger partial charge on any atom is 0.232 e. The van der Waals surface area contributed by atoms with Crippen LogP contribution in [0.4, 0.5) is 0 Å². The predicted molar refractivity (Wildman–Crippen MR) is 59.8 cm³/mol. The first-order valence-corrected chi connectivity index (χ1v) is 5.47. The van der Waals surface area contributed by atoms with E-state index in [1.54, 1.807) is 11.9 Å². The lowest BCUT2D eigenvalue weighted by atomic mass is 9.84. The normalized spacial score (nSPS) is 28.3. The van der Waals surface area contributed by atoms with Crippen molar-refractivity contribution in [3.63, 3.8) is 0 Å². The molecule has 2 rings (SSSR count). The lowest BCUT2D eigenvalue weighted by Crippen LogP contribution is -2.50. The van der Waals surface area contributed by atoms with Crippen molar-refractivity contribution >= 4 is 5.91 Å². The van der Waals surface area contributed by atoms with Crippen molar-refractivity contribution in [2.24, 2.45) is 11.1 Å². The number of amides is 1. The third-order valence-corrected chi connectivity index (χ3v) is 3.20. The van der Waals surface area contributed by atoms with Crippen molar-refractivity contribution in [1.29, 1.82) is 0 Å². The second-order valence-corrected chi connectivity index (χ2v) is 4.63. The highest BCUT2D eigenvalue weighted by atomic mass is 16.5. The SMILES string of the molecule is CN(Cc1ncn[nH]1)C(=O)C1(C)COCC1N. The van der Waals surface area contributed by atoms with E-state index in [-0.39, 0.29) is 11.9 Å². The smallest absolute Gasteiger partial charge is 0.232 e. The minimum Gasteiger partial charge on any atom is -0.379 e. The number of carbonyl (C=O) groups excluding carboxylic acids is 1. The second kappa shape index (κ2) is 4.42. The van der Waals surface area contributed by atoms with Crippen LogP contribution in [0.5, 0.6) is 0 Å². The molecule has 2 unspecified atom stereocenters. The van der Waals surface area contributed by atoms with Gasteiger partial charge < -0.3 is 15.4 Å². The average Bonchev–Trinajstić information content (AvgIpc) is 2.90. The summed E-state index contributed by atoms with van der Waals surface area (Å²) in [5.74, 6) is 0.621. The van der Waals surface area contributed by atoms with Gasteiger partial charge >= 0.3 is 0 Å². The first kappa shape index (κ1) is 12.0. The van der Waals surface area contributed by atoms with Crippen LogP contribution in [0.2, 0.25) is 0 Å². The summed E-state index contributed by atoms with van der Waals surface area (Å²) in [7, 11) is 1.72. The first-order chi connectivity index (χ1) is 8.04. The van der Waals surface area contributed by atoms with Gasteiger partial charge in [0.2, 0.25) is 5.91 Å². The topological polar surface area (TPSA) is 97.1 Å². The largest absolute Gasteiger partial charge is 0.379 e. The molecule has 1 aliphatic rings. The number of ether oxygens (including phenoxy) is 1. The number of rotatable bonds is 3. The van der Waals surface area contributed by atoms with Gasteiger partial charge in [-0.3, -0.25) is 9.89 Å². The number of aromatic amines is 1. The number of aromatic nitrogens is 3. The van der Waals surface area contributed by atoms with Gasteiger partial charge in [0.05, 0.1) is 25.2 Å².